The first kappa shape index (κ1) is 14.5. The summed E-state index contributed by atoms with van der Waals surface area (Å²) in [4.78, 5) is 11.8. The van der Waals surface area contributed by atoms with E-state index in [0.717, 1.165) is 12.8 Å². The molecule has 1 aliphatic heterocycles. The van der Waals surface area contributed by atoms with Crippen molar-refractivity contribution in [1.82, 2.24) is 0 Å². The molecule has 4 nitrogen and oxygen atoms in total. The maximum atomic E-state index is 13.8. The third-order valence-corrected chi connectivity index (χ3v) is 3.02. The van der Waals surface area contributed by atoms with E-state index in [9.17, 15) is 9.18 Å². The zero-order chi connectivity index (χ0) is 14.4. The highest BCUT2D eigenvalue weighted by Gasteiger charge is 2.19. The van der Waals surface area contributed by atoms with Crippen molar-refractivity contribution in [3.05, 3.63) is 29.6 Å². The molecule has 2 rings (SSSR count). The molecule has 0 bridgehead atoms. The maximum Gasteiger partial charge on any atom is 0.227 e. The Morgan fingerprint density at radius 3 is 3.05 bits per heavy atom. The zero-order valence-corrected chi connectivity index (χ0v) is 11.1. The van der Waals surface area contributed by atoms with Crippen LogP contribution in [0.4, 0.5) is 10.1 Å². The lowest BCUT2D eigenvalue weighted by Crippen LogP contribution is -2.19. The molecule has 1 aromatic rings. The molecule has 20 heavy (non-hydrogen) atoms. The fraction of sp³-hybridized carbons (Fsp3) is 0.400. The van der Waals surface area contributed by atoms with E-state index < -0.39 is 5.82 Å². The largest absolute Gasteiger partial charge is 0.378 e. The van der Waals surface area contributed by atoms with Crippen LogP contribution in [0.15, 0.2) is 18.2 Å². The fourth-order valence-electron chi connectivity index (χ4n) is 2.06. The van der Waals surface area contributed by atoms with Crippen LogP contribution in [0.5, 0.6) is 0 Å². The number of anilines is 1. The molecule has 0 aromatic heterocycles. The molecule has 0 radical (unpaired) electrons. The van der Waals surface area contributed by atoms with Crippen molar-refractivity contribution < 1.29 is 13.9 Å². The highest BCUT2D eigenvalue weighted by atomic mass is 19.1. The van der Waals surface area contributed by atoms with Gasteiger partial charge in [-0.3, -0.25) is 4.79 Å². The highest BCUT2D eigenvalue weighted by Crippen LogP contribution is 2.18. The Hall–Kier alpha value is -1.90. The molecule has 1 amide bonds. The van der Waals surface area contributed by atoms with Crippen molar-refractivity contribution in [1.29, 1.82) is 0 Å². The molecule has 1 heterocycles. The van der Waals surface area contributed by atoms with E-state index >= 15 is 0 Å². The Morgan fingerprint density at radius 1 is 1.55 bits per heavy atom. The maximum absolute atomic E-state index is 13.8. The molecule has 106 valence electrons. The molecule has 5 heteroatoms. The lowest BCUT2D eigenvalue weighted by molar-refractivity contribution is -0.118. The van der Waals surface area contributed by atoms with E-state index in [2.05, 4.69) is 17.2 Å². The molecule has 0 saturated carbocycles. The average molecular weight is 276 g/mol. The first-order valence-corrected chi connectivity index (χ1v) is 6.59. The standard InChI is InChI=1S/C15H17FN2O2/c16-13-9-11(3-1-7-17)5-6-14(13)18-15(19)10-12-4-2-8-20-12/h5-6,9,12H,2,4,7-8,10,17H2,(H,18,19). The molecule has 1 saturated heterocycles. The van der Waals surface area contributed by atoms with Gasteiger partial charge >= 0.3 is 0 Å². The normalized spacial score (nSPS) is 17.4. The Kier molecular flexibility index (Phi) is 5.10. The first-order valence-electron chi connectivity index (χ1n) is 6.59. The number of nitrogens with two attached hydrogens (primary N) is 1. The number of benzene rings is 1. The second kappa shape index (κ2) is 7.04. The van der Waals surface area contributed by atoms with Gasteiger partial charge in [-0.05, 0) is 31.0 Å². The Morgan fingerprint density at radius 2 is 2.40 bits per heavy atom. The van der Waals surface area contributed by atoms with Crippen molar-refractivity contribution in [3.8, 4) is 11.8 Å². The van der Waals surface area contributed by atoms with Gasteiger partial charge in [0.1, 0.15) is 5.82 Å². The van der Waals surface area contributed by atoms with Gasteiger partial charge in [-0.1, -0.05) is 11.8 Å². The molecule has 3 N–H and O–H groups in total. The molecule has 0 spiro atoms. The number of amides is 1. The van der Waals surface area contributed by atoms with Gasteiger partial charge in [0.2, 0.25) is 5.91 Å². The monoisotopic (exact) mass is 276 g/mol. The number of carbonyl (C=O) groups is 1. The molecular weight excluding hydrogens is 259 g/mol. The number of ether oxygens (including phenoxy) is 1. The summed E-state index contributed by atoms with van der Waals surface area (Å²) in [6, 6.07) is 4.43. The summed E-state index contributed by atoms with van der Waals surface area (Å²) in [6.45, 7) is 0.919. The summed E-state index contributed by atoms with van der Waals surface area (Å²) >= 11 is 0. The minimum atomic E-state index is -0.505. The first-order chi connectivity index (χ1) is 9.69. The van der Waals surface area contributed by atoms with Crippen molar-refractivity contribution in [3.63, 3.8) is 0 Å². The van der Waals surface area contributed by atoms with E-state index in [4.69, 9.17) is 10.5 Å². The molecule has 1 aliphatic rings. The second-order valence-corrected chi connectivity index (χ2v) is 4.59. The average Bonchev–Trinajstić information content (AvgIpc) is 2.92. The minimum Gasteiger partial charge on any atom is -0.378 e. The Bertz CT molecular complexity index is 543. The zero-order valence-electron chi connectivity index (χ0n) is 11.1. The molecule has 1 fully saturated rings. The predicted octanol–water partition coefficient (Wildman–Crippen LogP) is 1.64. The molecular formula is C15H17FN2O2. The number of rotatable bonds is 3. The number of hydrogen-bond acceptors (Lipinski definition) is 3. The number of hydrogen-bond donors (Lipinski definition) is 2. The molecule has 1 aromatic carbocycles. The number of nitrogens with one attached hydrogen (secondary N) is 1. The van der Waals surface area contributed by atoms with Gasteiger partial charge in [-0.2, -0.15) is 0 Å². The number of carbonyl (C=O) groups excluding carboxylic acids is 1. The van der Waals surface area contributed by atoms with Crippen LogP contribution in [0.25, 0.3) is 0 Å². The molecule has 1 unspecified atom stereocenters. The van der Waals surface area contributed by atoms with Crippen LogP contribution in [0, 0.1) is 17.7 Å². The van der Waals surface area contributed by atoms with Crippen LogP contribution in [0.3, 0.4) is 0 Å². The summed E-state index contributed by atoms with van der Waals surface area (Å²) in [5.41, 5.74) is 5.94. The van der Waals surface area contributed by atoms with Crippen LogP contribution in [-0.2, 0) is 9.53 Å². The van der Waals surface area contributed by atoms with Crippen molar-refractivity contribution in [2.75, 3.05) is 18.5 Å². The lowest BCUT2D eigenvalue weighted by atomic mass is 10.1. The predicted molar refractivity (Wildman–Crippen MR) is 74.6 cm³/mol. The summed E-state index contributed by atoms with van der Waals surface area (Å²) in [5, 5.41) is 2.55. The van der Waals surface area contributed by atoms with Crippen LogP contribution in [0.1, 0.15) is 24.8 Å². The minimum absolute atomic E-state index is 0.0484. The SMILES string of the molecule is NCC#Cc1ccc(NC(=O)CC2CCCO2)c(F)c1. The highest BCUT2D eigenvalue weighted by molar-refractivity contribution is 5.91. The summed E-state index contributed by atoms with van der Waals surface area (Å²) < 4.78 is 19.2. The van der Waals surface area contributed by atoms with E-state index in [0.29, 0.717) is 12.2 Å². The van der Waals surface area contributed by atoms with Gasteiger partial charge in [0.25, 0.3) is 0 Å². The van der Waals surface area contributed by atoms with Crippen LogP contribution in [0.2, 0.25) is 0 Å². The Balaban J connectivity index is 1.96. The lowest BCUT2D eigenvalue weighted by Gasteiger charge is -2.10. The molecule has 1 atom stereocenters. The quantitative estimate of drug-likeness (QED) is 0.825. The van der Waals surface area contributed by atoms with Crippen molar-refractivity contribution >= 4 is 11.6 Å². The van der Waals surface area contributed by atoms with Crippen LogP contribution >= 0.6 is 0 Å². The van der Waals surface area contributed by atoms with Gasteiger partial charge in [-0.15, -0.1) is 0 Å². The third-order valence-electron chi connectivity index (χ3n) is 3.02. The van der Waals surface area contributed by atoms with E-state index in [1.54, 1.807) is 6.07 Å². The summed E-state index contributed by atoms with van der Waals surface area (Å²) in [7, 11) is 0. The van der Waals surface area contributed by atoms with Gasteiger partial charge in [-0.25, -0.2) is 4.39 Å². The molecule has 0 aliphatic carbocycles. The second-order valence-electron chi connectivity index (χ2n) is 4.59. The fourth-order valence-corrected chi connectivity index (χ4v) is 2.06. The van der Waals surface area contributed by atoms with Gasteiger partial charge < -0.3 is 15.8 Å². The summed E-state index contributed by atoms with van der Waals surface area (Å²) in [5.74, 6) is 4.64. The van der Waals surface area contributed by atoms with Crippen LogP contribution in [-0.4, -0.2) is 25.2 Å². The van der Waals surface area contributed by atoms with E-state index in [-0.39, 0.29) is 30.7 Å². The van der Waals surface area contributed by atoms with Gasteiger partial charge in [0.05, 0.1) is 24.8 Å². The van der Waals surface area contributed by atoms with Crippen molar-refractivity contribution in [2.24, 2.45) is 5.73 Å². The van der Waals surface area contributed by atoms with E-state index in [1.165, 1.54) is 12.1 Å². The smallest absolute Gasteiger partial charge is 0.227 e. The Labute approximate surface area is 117 Å². The summed E-state index contributed by atoms with van der Waals surface area (Å²) in [6.07, 6.45) is 2.06. The number of halogens is 1. The van der Waals surface area contributed by atoms with Crippen LogP contribution < -0.4 is 11.1 Å². The van der Waals surface area contributed by atoms with Crippen molar-refractivity contribution in [2.45, 2.75) is 25.4 Å². The van der Waals surface area contributed by atoms with Gasteiger partial charge in [0.15, 0.2) is 0 Å². The van der Waals surface area contributed by atoms with E-state index in [1.807, 2.05) is 0 Å². The topological polar surface area (TPSA) is 64.3 Å². The van der Waals surface area contributed by atoms with Gasteiger partial charge in [0, 0.05) is 12.2 Å². The third kappa shape index (κ3) is 4.05.